The molecule has 0 N–H and O–H groups in total. The Morgan fingerprint density at radius 3 is 1.22 bits per heavy atom. The summed E-state index contributed by atoms with van der Waals surface area (Å²) < 4.78 is 33.9. The number of alkyl halides is 5. The summed E-state index contributed by atoms with van der Waals surface area (Å²) in [5, 5.41) is 0. The van der Waals surface area contributed by atoms with E-state index in [1.165, 1.54) is 0 Å². The van der Waals surface area contributed by atoms with E-state index in [-0.39, 0.29) is 0 Å². The topological polar surface area (TPSA) is 0 Å². The van der Waals surface area contributed by atoms with Crippen molar-refractivity contribution in [2.24, 2.45) is 0 Å². The van der Waals surface area contributed by atoms with E-state index in [9.17, 15) is 13.2 Å². The van der Waals surface area contributed by atoms with Gasteiger partial charge in [0.15, 0.2) is 0 Å². The van der Waals surface area contributed by atoms with Crippen LogP contribution in [-0.4, -0.2) is 15.9 Å². The van der Waals surface area contributed by atoms with Gasteiger partial charge in [0.25, 0.3) is 0 Å². The summed E-state index contributed by atoms with van der Waals surface area (Å²) in [6.45, 7) is 0.674. The fourth-order valence-corrected chi connectivity index (χ4v) is 1.01. The van der Waals surface area contributed by atoms with Gasteiger partial charge in [-0.05, 0) is 6.92 Å². The van der Waals surface area contributed by atoms with Crippen LogP contribution in [0.25, 0.3) is 0 Å². The van der Waals surface area contributed by atoms with Crippen molar-refractivity contribution >= 4 is 23.2 Å². The van der Waals surface area contributed by atoms with E-state index in [1.807, 2.05) is 0 Å². The van der Waals surface area contributed by atoms with Gasteiger partial charge in [0.1, 0.15) is 0 Å². The third-order valence-electron chi connectivity index (χ3n) is 1.51. The molecule has 1 rings (SSSR count). The zero-order chi connectivity index (χ0) is 7.50. The highest BCUT2D eigenvalue weighted by Crippen LogP contribution is 2.70. The van der Waals surface area contributed by atoms with Gasteiger partial charge >= 0.3 is 5.92 Å². The van der Waals surface area contributed by atoms with E-state index >= 15 is 0 Å². The van der Waals surface area contributed by atoms with Crippen LogP contribution in [0.5, 0.6) is 0 Å². The van der Waals surface area contributed by atoms with Gasteiger partial charge in [-0.2, -0.15) is 8.78 Å². The number of halogens is 5. The summed E-state index contributed by atoms with van der Waals surface area (Å²) in [6, 6.07) is 0. The second-order valence-corrected chi connectivity index (χ2v) is 3.48. The minimum absolute atomic E-state index is 0.674. The van der Waals surface area contributed by atoms with Gasteiger partial charge in [-0.3, -0.25) is 0 Å². The molecular formula is C4H3Cl2F3. The average molecular weight is 179 g/mol. The first-order valence-electron chi connectivity index (χ1n) is 2.19. The molecule has 0 bridgehead atoms. The molecule has 9 heavy (non-hydrogen) atoms. The van der Waals surface area contributed by atoms with Crippen molar-refractivity contribution in [1.82, 2.24) is 0 Å². The lowest BCUT2D eigenvalue weighted by Crippen LogP contribution is -2.04. The monoisotopic (exact) mass is 178 g/mol. The first kappa shape index (κ1) is 7.48. The molecule has 5 heteroatoms. The van der Waals surface area contributed by atoms with Gasteiger partial charge in [-0.1, -0.05) is 23.2 Å². The summed E-state index contributed by atoms with van der Waals surface area (Å²) >= 11 is 9.73. The predicted molar refractivity (Wildman–Crippen MR) is 28.9 cm³/mol. The summed E-state index contributed by atoms with van der Waals surface area (Å²) in [6.07, 6.45) is 0. The second kappa shape index (κ2) is 1.35. The van der Waals surface area contributed by atoms with E-state index < -0.39 is 15.9 Å². The lowest BCUT2D eigenvalue weighted by Gasteiger charge is -1.90. The number of hydrogen-bond acceptors (Lipinski definition) is 0. The molecule has 0 nitrogen and oxygen atoms in total. The smallest absolute Gasteiger partial charge is 0.234 e. The minimum atomic E-state index is -3.59. The Morgan fingerprint density at radius 2 is 1.22 bits per heavy atom. The van der Waals surface area contributed by atoms with Crippen molar-refractivity contribution in [2.75, 3.05) is 0 Å². The number of rotatable bonds is 0. The Bertz CT molecular complexity index is 111. The van der Waals surface area contributed by atoms with E-state index in [2.05, 4.69) is 0 Å². The maximum absolute atomic E-state index is 12.3. The normalized spacial score (nSPS) is 44.7. The van der Waals surface area contributed by atoms with E-state index in [0.29, 0.717) is 6.92 Å². The molecule has 0 aliphatic heterocycles. The molecule has 54 valence electrons. The molecule has 1 saturated carbocycles. The quantitative estimate of drug-likeness (QED) is 0.501. The summed E-state index contributed by atoms with van der Waals surface area (Å²) in [4.78, 5) is 0. The van der Waals surface area contributed by atoms with E-state index in [0.717, 1.165) is 0 Å². The van der Waals surface area contributed by atoms with Crippen LogP contribution in [0.15, 0.2) is 0 Å². The Balaban J connectivity index is 2.91. The summed E-state index contributed by atoms with van der Waals surface area (Å²) in [5.74, 6) is -3.59. The average Bonchev–Trinajstić information content (AvgIpc) is 1.84. The van der Waals surface area contributed by atoms with Crippen LogP contribution < -0.4 is 0 Å². The fourth-order valence-electron chi connectivity index (χ4n) is 0.512. The lowest BCUT2D eigenvalue weighted by molar-refractivity contribution is 0.0507. The molecule has 1 fully saturated rings. The second-order valence-electron chi connectivity index (χ2n) is 2.15. The standard InChI is InChI=1S/C4H3Cl2F3/c1-2(7)3(5,6)4(2,8)9/h1H3. The van der Waals surface area contributed by atoms with Crippen molar-refractivity contribution in [3.8, 4) is 0 Å². The predicted octanol–water partition coefficient (Wildman–Crippen LogP) is 2.54. The van der Waals surface area contributed by atoms with Crippen molar-refractivity contribution in [2.45, 2.75) is 22.8 Å². The largest absolute Gasteiger partial charge is 0.320 e. The van der Waals surface area contributed by atoms with Crippen LogP contribution in [0, 0.1) is 0 Å². The first-order chi connectivity index (χ1) is 3.75. The summed E-state index contributed by atoms with van der Waals surface area (Å²) in [5.41, 5.74) is -2.76. The van der Waals surface area contributed by atoms with Crippen LogP contribution in [-0.2, 0) is 0 Å². The van der Waals surface area contributed by atoms with Gasteiger partial charge in [0, 0.05) is 0 Å². The Morgan fingerprint density at radius 1 is 1.11 bits per heavy atom. The van der Waals surface area contributed by atoms with E-state index in [1.54, 1.807) is 0 Å². The third-order valence-corrected chi connectivity index (χ3v) is 2.70. The van der Waals surface area contributed by atoms with Crippen molar-refractivity contribution in [3.05, 3.63) is 0 Å². The van der Waals surface area contributed by atoms with Gasteiger partial charge in [-0.15, -0.1) is 0 Å². The maximum atomic E-state index is 12.3. The first-order valence-corrected chi connectivity index (χ1v) is 2.95. The Kier molecular flexibility index (Phi) is 1.12. The molecule has 1 atom stereocenters. The van der Waals surface area contributed by atoms with E-state index in [4.69, 9.17) is 23.2 Å². The lowest BCUT2D eigenvalue weighted by atomic mass is 10.4. The van der Waals surface area contributed by atoms with Gasteiger partial charge in [0.05, 0.1) is 0 Å². The molecule has 1 aliphatic carbocycles. The molecule has 0 amide bonds. The van der Waals surface area contributed by atoms with Crippen LogP contribution in [0.1, 0.15) is 6.92 Å². The molecule has 0 saturated heterocycles. The highest BCUT2D eigenvalue weighted by molar-refractivity contribution is 6.53. The van der Waals surface area contributed by atoms with Gasteiger partial charge < -0.3 is 0 Å². The minimum Gasteiger partial charge on any atom is -0.234 e. The molecule has 1 unspecified atom stereocenters. The highest BCUT2D eigenvalue weighted by atomic mass is 35.5. The molecule has 0 aromatic rings. The SMILES string of the molecule is CC1(F)C(F)(F)C1(Cl)Cl. The molecule has 0 radical (unpaired) electrons. The molecule has 0 aromatic heterocycles. The zero-order valence-electron chi connectivity index (χ0n) is 4.39. The van der Waals surface area contributed by atoms with Crippen LogP contribution >= 0.6 is 23.2 Å². The van der Waals surface area contributed by atoms with Crippen molar-refractivity contribution in [3.63, 3.8) is 0 Å². The van der Waals surface area contributed by atoms with Gasteiger partial charge in [-0.25, -0.2) is 4.39 Å². The van der Waals surface area contributed by atoms with Crippen LogP contribution in [0.4, 0.5) is 13.2 Å². The van der Waals surface area contributed by atoms with Crippen LogP contribution in [0.3, 0.4) is 0 Å². The molecule has 0 heterocycles. The summed E-state index contributed by atoms with van der Waals surface area (Å²) in [7, 11) is 0. The Labute approximate surface area is 59.9 Å². The molecular weight excluding hydrogens is 176 g/mol. The molecule has 0 spiro atoms. The number of hydrogen-bond donors (Lipinski definition) is 0. The molecule has 0 aromatic carbocycles. The Hall–Kier alpha value is 0.370. The van der Waals surface area contributed by atoms with Crippen LogP contribution in [0.2, 0.25) is 0 Å². The highest BCUT2D eigenvalue weighted by Gasteiger charge is 2.91. The molecule has 1 aliphatic rings. The third kappa shape index (κ3) is 0.528. The zero-order valence-corrected chi connectivity index (χ0v) is 5.90. The van der Waals surface area contributed by atoms with Gasteiger partial charge in [0.2, 0.25) is 10.0 Å². The van der Waals surface area contributed by atoms with Crippen molar-refractivity contribution in [1.29, 1.82) is 0 Å². The maximum Gasteiger partial charge on any atom is 0.320 e. The van der Waals surface area contributed by atoms with Crippen molar-refractivity contribution < 1.29 is 13.2 Å². The fraction of sp³-hybridized carbons (Fsp3) is 1.00.